The Kier molecular flexibility index (Phi) is 5.83. The van der Waals surface area contributed by atoms with Crippen molar-refractivity contribution in [1.82, 2.24) is 29.4 Å². The second-order valence-corrected chi connectivity index (χ2v) is 9.42. The molecular formula is C31H23N7O3. The Hall–Kier alpha value is -5.69. The molecule has 3 aromatic carbocycles. The minimum Gasteiger partial charge on any atom is -0.493 e. The molecule has 0 fully saturated rings. The topological polar surface area (TPSA) is 112 Å². The number of aromatic nitrogens is 6. The van der Waals surface area contributed by atoms with Crippen LogP contribution in [0.25, 0.3) is 22.6 Å². The summed E-state index contributed by atoms with van der Waals surface area (Å²) in [5.41, 5.74) is 5.56. The van der Waals surface area contributed by atoms with E-state index in [9.17, 15) is 5.26 Å². The zero-order chi connectivity index (χ0) is 27.9. The van der Waals surface area contributed by atoms with Crippen molar-refractivity contribution < 1.29 is 14.2 Å². The van der Waals surface area contributed by atoms with Gasteiger partial charge in [-0.3, -0.25) is 0 Å². The second kappa shape index (κ2) is 9.81. The summed E-state index contributed by atoms with van der Waals surface area (Å²) >= 11 is 0. The highest BCUT2D eigenvalue weighted by Crippen LogP contribution is 2.52. The van der Waals surface area contributed by atoms with Gasteiger partial charge in [-0.2, -0.15) is 15.0 Å². The molecule has 0 aliphatic carbocycles. The van der Waals surface area contributed by atoms with Gasteiger partial charge in [0.05, 0.1) is 49.4 Å². The SMILES string of the molecule is COc1ccc(C2c3c(-c4ccccc4)nn(-c4ccccc4)c3Oc3ncn4nc(CC#N)nc4c32)cc1OC. The molecule has 1 aliphatic heterocycles. The van der Waals surface area contributed by atoms with Gasteiger partial charge in [0.1, 0.15) is 12.0 Å². The number of methoxy groups -OCH3 is 2. The van der Waals surface area contributed by atoms with E-state index in [4.69, 9.17) is 24.3 Å². The third-order valence-corrected chi connectivity index (χ3v) is 7.11. The smallest absolute Gasteiger partial charge is 0.230 e. The molecule has 1 unspecified atom stereocenters. The molecule has 0 spiro atoms. The van der Waals surface area contributed by atoms with Gasteiger partial charge in [0.25, 0.3) is 0 Å². The van der Waals surface area contributed by atoms with E-state index in [1.807, 2.05) is 83.5 Å². The Bertz CT molecular complexity index is 1940. The monoisotopic (exact) mass is 541 g/mol. The van der Waals surface area contributed by atoms with Crippen LogP contribution < -0.4 is 14.2 Å². The van der Waals surface area contributed by atoms with Crippen molar-refractivity contribution in [3.8, 4) is 46.3 Å². The van der Waals surface area contributed by atoms with Crippen LogP contribution >= 0.6 is 0 Å². The average Bonchev–Trinajstić information content (AvgIpc) is 3.62. The van der Waals surface area contributed by atoms with Crippen LogP contribution in [0.3, 0.4) is 0 Å². The molecular weight excluding hydrogens is 518 g/mol. The number of fused-ring (bicyclic) bond motifs is 4. The van der Waals surface area contributed by atoms with Crippen molar-refractivity contribution in [3.05, 3.63) is 108 Å². The van der Waals surface area contributed by atoms with E-state index in [0.29, 0.717) is 40.3 Å². The first-order chi connectivity index (χ1) is 20.2. The third kappa shape index (κ3) is 3.94. The van der Waals surface area contributed by atoms with Crippen LogP contribution in [0.15, 0.2) is 85.2 Å². The first kappa shape index (κ1) is 24.4. The maximum Gasteiger partial charge on any atom is 0.230 e. The second-order valence-electron chi connectivity index (χ2n) is 9.42. The summed E-state index contributed by atoms with van der Waals surface area (Å²) in [6.45, 7) is 0. The Balaban J connectivity index is 1.57. The lowest BCUT2D eigenvalue weighted by Gasteiger charge is -2.27. The van der Waals surface area contributed by atoms with Gasteiger partial charge in [-0.25, -0.2) is 14.5 Å². The van der Waals surface area contributed by atoms with E-state index in [2.05, 4.69) is 16.2 Å². The van der Waals surface area contributed by atoms with Crippen molar-refractivity contribution in [2.75, 3.05) is 14.2 Å². The highest BCUT2D eigenvalue weighted by atomic mass is 16.5. The lowest BCUT2D eigenvalue weighted by Crippen LogP contribution is -2.16. The highest BCUT2D eigenvalue weighted by Gasteiger charge is 2.39. The quantitative estimate of drug-likeness (QED) is 0.277. The number of nitriles is 1. The molecule has 41 heavy (non-hydrogen) atoms. The summed E-state index contributed by atoms with van der Waals surface area (Å²) in [4.78, 5) is 9.38. The van der Waals surface area contributed by atoms with Gasteiger partial charge in [0, 0.05) is 5.56 Å². The molecule has 200 valence electrons. The third-order valence-electron chi connectivity index (χ3n) is 7.11. The Morgan fingerprint density at radius 1 is 0.902 bits per heavy atom. The molecule has 0 saturated carbocycles. The number of para-hydroxylation sites is 1. The number of hydrogen-bond donors (Lipinski definition) is 0. The summed E-state index contributed by atoms with van der Waals surface area (Å²) < 4.78 is 21.2. The lowest BCUT2D eigenvalue weighted by molar-refractivity contribution is 0.354. The fourth-order valence-electron chi connectivity index (χ4n) is 5.31. The molecule has 1 aliphatic rings. The van der Waals surface area contributed by atoms with Crippen LogP contribution in [0.1, 0.15) is 28.4 Å². The van der Waals surface area contributed by atoms with E-state index >= 15 is 0 Å². The van der Waals surface area contributed by atoms with E-state index in [0.717, 1.165) is 28.1 Å². The zero-order valence-corrected chi connectivity index (χ0v) is 22.2. The Morgan fingerprint density at radius 2 is 1.66 bits per heavy atom. The largest absolute Gasteiger partial charge is 0.493 e. The molecule has 1 atom stereocenters. The Morgan fingerprint density at radius 3 is 2.39 bits per heavy atom. The van der Waals surface area contributed by atoms with Gasteiger partial charge < -0.3 is 14.2 Å². The standard InChI is InChI=1S/C31H23N7O3/c1-39-22-14-13-20(17-23(22)40-2)25-26-28(19-9-5-3-6-10-19)36-38(21-11-7-4-8-12-21)31(26)41-30-27(25)29-34-24(15-16-32)35-37(29)18-33-30/h3-14,17-18,25H,15H2,1-2H3. The van der Waals surface area contributed by atoms with E-state index in [-0.39, 0.29) is 6.42 Å². The summed E-state index contributed by atoms with van der Waals surface area (Å²) in [5, 5.41) is 18.9. The summed E-state index contributed by atoms with van der Waals surface area (Å²) in [7, 11) is 3.22. The maximum atomic E-state index is 9.31. The summed E-state index contributed by atoms with van der Waals surface area (Å²) in [6, 6.07) is 27.8. The van der Waals surface area contributed by atoms with Crippen LogP contribution in [-0.2, 0) is 6.42 Å². The fraction of sp³-hybridized carbons (Fsp3) is 0.129. The molecule has 0 saturated heterocycles. The number of benzene rings is 3. The molecule has 3 aromatic heterocycles. The predicted octanol–water partition coefficient (Wildman–Crippen LogP) is 5.35. The van der Waals surface area contributed by atoms with Gasteiger partial charge in [-0.15, -0.1) is 5.10 Å². The van der Waals surface area contributed by atoms with Crippen LogP contribution in [0.5, 0.6) is 23.3 Å². The van der Waals surface area contributed by atoms with Crippen LogP contribution in [-0.4, -0.2) is 43.6 Å². The number of rotatable bonds is 6. The first-order valence-corrected chi connectivity index (χ1v) is 12.9. The summed E-state index contributed by atoms with van der Waals surface area (Å²) in [6.07, 6.45) is 1.63. The number of ether oxygens (including phenoxy) is 3. The summed E-state index contributed by atoms with van der Waals surface area (Å²) in [5.74, 6) is 2.12. The lowest BCUT2D eigenvalue weighted by atomic mass is 9.83. The molecule has 0 amide bonds. The molecule has 7 rings (SSSR count). The number of hydrogen-bond acceptors (Lipinski definition) is 8. The van der Waals surface area contributed by atoms with Crippen LogP contribution in [0, 0.1) is 11.3 Å². The van der Waals surface area contributed by atoms with Crippen molar-refractivity contribution in [1.29, 1.82) is 5.26 Å². The van der Waals surface area contributed by atoms with Crippen molar-refractivity contribution in [3.63, 3.8) is 0 Å². The minimum atomic E-state index is -0.420. The van der Waals surface area contributed by atoms with Gasteiger partial charge in [0.15, 0.2) is 23.0 Å². The van der Waals surface area contributed by atoms with E-state index in [1.54, 1.807) is 25.1 Å². The van der Waals surface area contributed by atoms with E-state index in [1.165, 1.54) is 0 Å². The molecule has 6 aromatic rings. The zero-order valence-electron chi connectivity index (χ0n) is 22.2. The molecule has 4 heterocycles. The van der Waals surface area contributed by atoms with Crippen molar-refractivity contribution in [2.24, 2.45) is 0 Å². The van der Waals surface area contributed by atoms with Gasteiger partial charge in [0.2, 0.25) is 11.8 Å². The van der Waals surface area contributed by atoms with E-state index < -0.39 is 5.92 Å². The van der Waals surface area contributed by atoms with Gasteiger partial charge >= 0.3 is 0 Å². The van der Waals surface area contributed by atoms with Crippen LogP contribution in [0.2, 0.25) is 0 Å². The van der Waals surface area contributed by atoms with Gasteiger partial charge in [-0.1, -0.05) is 54.6 Å². The first-order valence-electron chi connectivity index (χ1n) is 12.9. The average molecular weight is 542 g/mol. The van der Waals surface area contributed by atoms with Crippen LogP contribution in [0.4, 0.5) is 0 Å². The molecule has 0 radical (unpaired) electrons. The molecule has 0 bridgehead atoms. The fourth-order valence-corrected chi connectivity index (χ4v) is 5.31. The molecule has 0 N–H and O–H groups in total. The van der Waals surface area contributed by atoms with Crippen molar-refractivity contribution in [2.45, 2.75) is 12.3 Å². The normalized spacial score (nSPS) is 13.6. The Labute approximate surface area is 235 Å². The number of nitrogens with zero attached hydrogens (tertiary/aromatic N) is 7. The predicted molar refractivity (Wildman–Crippen MR) is 150 cm³/mol. The maximum absolute atomic E-state index is 9.31. The van der Waals surface area contributed by atoms with Crippen molar-refractivity contribution >= 4 is 5.65 Å². The highest BCUT2D eigenvalue weighted by molar-refractivity contribution is 5.75. The minimum absolute atomic E-state index is 0.0742. The van der Waals surface area contributed by atoms with Gasteiger partial charge in [-0.05, 0) is 29.8 Å². The molecule has 10 heteroatoms. The molecule has 10 nitrogen and oxygen atoms in total.